The number of benzene rings is 1. The molecule has 1 N–H and O–H groups in total. The van der Waals surface area contributed by atoms with Gasteiger partial charge in [0.15, 0.2) is 0 Å². The predicted octanol–water partition coefficient (Wildman–Crippen LogP) is 0.332. The molecule has 0 fully saturated rings. The molecular weight excluding hydrogens is 203 g/mol. The van der Waals surface area contributed by atoms with Crippen molar-refractivity contribution in [2.24, 2.45) is 0 Å². The van der Waals surface area contributed by atoms with Gasteiger partial charge in [-0.1, -0.05) is 18.2 Å². The van der Waals surface area contributed by atoms with E-state index in [1.807, 2.05) is 0 Å². The van der Waals surface area contributed by atoms with Crippen LogP contribution in [0.2, 0.25) is 0 Å². The monoisotopic (exact) mass is 210 g/mol. The van der Waals surface area contributed by atoms with Crippen molar-refractivity contribution < 1.29 is 17.7 Å². The van der Waals surface area contributed by atoms with Crippen molar-refractivity contribution in [3.8, 4) is 0 Å². The van der Waals surface area contributed by atoms with Crippen molar-refractivity contribution in [2.75, 3.05) is 0 Å². The van der Waals surface area contributed by atoms with Gasteiger partial charge in [-0.2, -0.15) is 4.21 Å². The Labute approximate surface area is 100 Å². The van der Waals surface area contributed by atoms with Crippen LogP contribution >= 0.6 is 0 Å². The summed E-state index contributed by atoms with van der Waals surface area (Å²) in [4.78, 5) is 10.9. The van der Waals surface area contributed by atoms with Gasteiger partial charge in [0.25, 0.3) is 0 Å². The fraction of sp³-hybridized carbons (Fsp3) is 0. The second kappa shape index (κ2) is 6.28. The molecule has 0 heterocycles. The van der Waals surface area contributed by atoms with Crippen LogP contribution in [0.15, 0.2) is 30.3 Å². The summed E-state index contributed by atoms with van der Waals surface area (Å²) in [6.07, 6.45) is 0. The third-order valence-electron chi connectivity index (χ3n) is 1.16. The number of rotatable bonds is 2. The molecule has 1 rings (SSSR count). The van der Waals surface area contributed by atoms with Gasteiger partial charge >= 0.3 is 46.9 Å². The summed E-state index contributed by atoms with van der Waals surface area (Å²) in [5, 5.41) is 0. The minimum absolute atomic E-state index is 0. The summed E-state index contributed by atoms with van der Waals surface area (Å²) < 4.78 is 22.3. The van der Waals surface area contributed by atoms with E-state index in [9.17, 15) is 9.00 Å². The second-order valence-corrected chi connectivity index (χ2v) is 2.55. The molecule has 0 aromatic heterocycles. The number of carbonyl (C=O) groups is 1. The van der Waals surface area contributed by atoms with Crippen LogP contribution in [0.25, 0.3) is 0 Å². The van der Waals surface area contributed by atoms with E-state index in [-0.39, 0.29) is 35.1 Å². The van der Waals surface area contributed by atoms with Crippen molar-refractivity contribution in [1.82, 2.24) is 0 Å². The van der Waals surface area contributed by atoms with Gasteiger partial charge in [0.05, 0.1) is 5.56 Å². The van der Waals surface area contributed by atoms with Gasteiger partial charge in [-0.15, -0.1) is 0 Å². The molecule has 1 aromatic rings. The predicted molar refractivity (Wildman–Crippen MR) is 49.8 cm³/mol. The second-order valence-electron chi connectivity index (χ2n) is 1.95. The van der Waals surface area contributed by atoms with Crippen LogP contribution < -0.4 is 0 Å². The Kier molecular flexibility index (Phi) is 6.19. The molecule has 66 valence electrons. The molecular formula is C7H7NaO4S. The van der Waals surface area contributed by atoms with Gasteiger partial charge < -0.3 is 4.18 Å². The Morgan fingerprint density at radius 3 is 2.31 bits per heavy atom. The molecule has 6 heteroatoms. The van der Waals surface area contributed by atoms with Gasteiger partial charge in [-0.3, -0.25) is 4.55 Å². The molecule has 1 atom stereocenters. The molecule has 0 radical (unpaired) electrons. The van der Waals surface area contributed by atoms with Gasteiger partial charge in [0.2, 0.25) is 0 Å². The van der Waals surface area contributed by atoms with Gasteiger partial charge in [0.1, 0.15) is 0 Å². The molecule has 0 aliphatic rings. The average molecular weight is 210 g/mol. The van der Waals surface area contributed by atoms with E-state index >= 15 is 0 Å². The quantitative estimate of drug-likeness (QED) is 0.564. The van der Waals surface area contributed by atoms with E-state index in [0.717, 1.165) is 0 Å². The SMILES string of the molecule is O=C(OS(=O)O)c1ccccc1.[NaH]. The number of hydrogen-bond donors (Lipinski definition) is 1. The van der Waals surface area contributed by atoms with Crippen LogP contribution in [0.5, 0.6) is 0 Å². The van der Waals surface area contributed by atoms with E-state index < -0.39 is 17.3 Å². The first-order valence-electron chi connectivity index (χ1n) is 3.08. The standard InChI is InChI=1S/C7H6O4S.Na.H/c8-7(11-12(9)10)6-4-2-1-3-5-6;;/h1-5H,(H,9,10);;. The first-order chi connectivity index (χ1) is 5.70. The van der Waals surface area contributed by atoms with Crippen molar-refractivity contribution in [1.29, 1.82) is 0 Å². The van der Waals surface area contributed by atoms with E-state index in [4.69, 9.17) is 4.55 Å². The number of hydrogen-bond acceptors (Lipinski definition) is 3. The molecule has 4 nitrogen and oxygen atoms in total. The molecule has 0 saturated heterocycles. The normalized spacial score (nSPS) is 11.2. The van der Waals surface area contributed by atoms with Crippen molar-refractivity contribution in [3.05, 3.63) is 35.9 Å². The van der Waals surface area contributed by atoms with Crippen LogP contribution in [-0.4, -0.2) is 44.3 Å². The molecule has 0 saturated carbocycles. The summed E-state index contributed by atoms with van der Waals surface area (Å²) in [5.41, 5.74) is 0.250. The third-order valence-corrected chi connectivity index (χ3v) is 1.45. The molecule has 1 aromatic carbocycles. The minimum atomic E-state index is -2.55. The fourth-order valence-electron chi connectivity index (χ4n) is 0.687. The van der Waals surface area contributed by atoms with Crippen LogP contribution in [0.3, 0.4) is 0 Å². The topological polar surface area (TPSA) is 63.6 Å². The van der Waals surface area contributed by atoms with Gasteiger partial charge in [-0.05, 0) is 12.1 Å². The van der Waals surface area contributed by atoms with E-state index in [1.54, 1.807) is 18.2 Å². The van der Waals surface area contributed by atoms with Gasteiger partial charge in [-0.25, -0.2) is 4.79 Å². The summed E-state index contributed by atoms with van der Waals surface area (Å²) in [6, 6.07) is 7.99. The van der Waals surface area contributed by atoms with E-state index in [2.05, 4.69) is 4.18 Å². The molecule has 0 aliphatic heterocycles. The Morgan fingerprint density at radius 2 is 1.85 bits per heavy atom. The zero-order valence-corrected chi connectivity index (χ0v) is 6.78. The molecule has 1 unspecified atom stereocenters. The van der Waals surface area contributed by atoms with Crippen LogP contribution in [0.1, 0.15) is 10.4 Å². The molecule has 13 heavy (non-hydrogen) atoms. The van der Waals surface area contributed by atoms with Crippen molar-refractivity contribution >= 4 is 46.9 Å². The molecule has 0 aliphatic carbocycles. The molecule has 0 bridgehead atoms. The van der Waals surface area contributed by atoms with Crippen LogP contribution in [0.4, 0.5) is 0 Å². The van der Waals surface area contributed by atoms with Crippen LogP contribution in [-0.2, 0) is 15.5 Å². The Bertz CT molecular complexity index is 301. The average Bonchev–Trinajstić information content (AvgIpc) is 2.05. The fourth-order valence-corrected chi connectivity index (χ4v) is 0.913. The van der Waals surface area contributed by atoms with E-state index in [0.29, 0.717) is 0 Å². The number of carbonyl (C=O) groups excluding carboxylic acids is 1. The van der Waals surface area contributed by atoms with Crippen molar-refractivity contribution in [2.45, 2.75) is 0 Å². The first-order valence-corrected chi connectivity index (χ1v) is 4.12. The Hall–Kier alpha value is -0.200. The Balaban J connectivity index is 0.00000144. The van der Waals surface area contributed by atoms with Crippen LogP contribution in [0, 0.1) is 0 Å². The summed E-state index contributed by atoms with van der Waals surface area (Å²) >= 11 is -2.55. The zero-order valence-electron chi connectivity index (χ0n) is 5.97. The summed E-state index contributed by atoms with van der Waals surface area (Å²) in [5.74, 6) is -0.809. The van der Waals surface area contributed by atoms with Gasteiger partial charge in [0, 0.05) is 0 Å². The summed E-state index contributed by atoms with van der Waals surface area (Å²) in [7, 11) is 0. The zero-order chi connectivity index (χ0) is 8.97. The molecule has 0 amide bonds. The maximum atomic E-state index is 10.9. The maximum absolute atomic E-state index is 10.9. The molecule has 0 spiro atoms. The Morgan fingerprint density at radius 1 is 1.31 bits per heavy atom. The summed E-state index contributed by atoms with van der Waals surface area (Å²) in [6.45, 7) is 0. The third kappa shape index (κ3) is 4.54. The van der Waals surface area contributed by atoms with Crippen molar-refractivity contribution in [3.63, 3.8) is 0 Å². The first kappa shape index (κ1) is 12.8. The van der Waals surface area contributed by atoms with E-state index in [1.165, 1.54) is 12.1 Å².